The van der Waals surface area contributed by atoms with E-state index in [1.54, 1.807) is 36.4 Å². The first-order valence-electron chi connectivity index (χ1n) is 6.51. The lowest BCUT2D eigenvalue weighted by molar-refractivity contribution is -0.116. The van der Waals surface area contributed by atoms with E-state index < -0.39 is 6.10 Å². The molecule has 21 heavy (non-hydrogen) atoms. The van der Waals surface area contributed by atoms with Gasteiger partial charge in [0.05, 0.1) is 6.10 Å². The number of aliphatic hydroxyl groups excluding tert-OH is 1. The summed E-state index contributed by atoms with van der Waals surface area (Å²) in [6.07, 6.45) is 2.09. The fraction of sp³-hybridized carbons (Fsp3) is 0.188. The predicted octanol–water partition coefficient (Wildman–Crippen LogP) is 3.10. The maximum absolute atomic E-state index is 11.7. The number of carbonyl (C=O) groups is 1. The molecule has 0 aliphatic heterocycles. The molecule has 0 bridgehead atoms. The Kier molecular flexibility index (Phi) is 5.20. The lowest BCUT2D eigenvalue weighted by atomic mass is 10.1. The van der Waals surface area contributed by atoms with Crippen LogP contribution in [-0.2, 0) is 4.79 Å². The van der Waals surface area contributed by atoms with E-state index in [2.05, 4.69) is 5.32 Å². The molecule has 110 valence electrons. The molecular formula is C16H16ClNO3. The number of halogens is 1. The van der Waals surface area contributed by atoms with Crippen LogP contribution in [0.1, 0.15) is 23.2 Å². The van der Waals surface area contributed by atoms with Crippen molar-refractivity contribution in [3.05, 3.63) is 64.6 Å². The average molecular weight is 306 g/mol. The maximum Gasteiger partial charge on any atom is 0.244 e. The van der Waals surface area contributed by atoms with E-state index in [1.165, 1.54) is 6.08 Å². The van der Waals surface area contributed by atoms with Crippen molar-refractivity contribution in [1.82, 2.24) is 5.32 Å². The van der Waals surface area contributed by atoms with Gasteiger partial charge >= 0.3 is 0 Å². The smallest absolute Gasteiger partial charge is 0.244 e. The topological polar surface area (TPSA) is 62.5 Å². The molecule has 0 saturated heterocycles. The normalized spacial score (nSPS) is 12.5. The number of hydrogen-bond acceptors (Lipinski definition) is 3. The second-order valence-electron chi connectivity index (χ2n) is 4.56. The number of aryl methyl sites for hydroxylation is 1. The highest BCUT2D eigenvalue weighted by Gasteiger charge is 2.11. The van der Waals surface area contributed by atoms with Gasteiger partial charge in [-0.2, -0.15) is 0 Å². The molecule has 0 saturated carbocycles. The Morgan fingerprint density at radius 2 is 2.14 bits per heavy atom. The third-order valence-corrected chi connectivity index (χ3v) is 3.24. The number of furan rings is 1. The Labute approximate surface area is 128 Å². The number of nitrogens with one attached hydrogen (secondary N) is 1. The van der Waals surface area contributed by atoms with Gasteiger partial charge in [0, 0.05) is 23.2 Å². The highest BCUT2D eigenvalue weighted by Crippen LogP contribution is 2.21. The SMILES string of the molecule is Cc1ccc(/C=C/C(=O)NCC(O)c2ccccc2Cl)o1. The van der Waals surface area contributed by atoms with Crippen LogP contribution in [0.25, 0.3) is 6.08 Å². The summed E-state index contributed by atoms with van der Waals surface area (Å²) in [4.78, 5) is 11.7. The van der Waals surface area contributed by atoms with E-state index in [0.29, 0.717) is 16.3 Å². The number of amides is 1. The Hall–Kier alpha value is -2.04. The summed E-state index contributed by atoms with van der Waals surface area (Å²) in [6, 6.07) is 10.6. The Balaban J connectivity index is 1.86. The van der Waals surface area contributed by atoms with Crippen molar-refractivity contribution in [3.63, 3.8) is 0 Å². The third kappa shape index (κ3) is 4.48. The van der Waals surface area contributed by atoms with Crippen molar-refractivity contribution >= 4 is 23.6 Å². The summed E-state index contributed by atoms with van der Waals surface area (Å²) in [5, 5.41) is 13.1. The van der Waals surface area contributed by atoms with E-state index in [9.17, 15) is 9.90 Å². The van der Waals surface area contributed by atoms with Gasteiger partial charge in [-0.05, 0) is 31.2 Å². The molecule has 2 aromatic rings. The number of hydrogen-bond donors (Lipinski definition) is 2. The highest BCUT2D eigenvalue weighted by atomic mass is 35.5. The first kappa shape index (κ1) is 15.4. The molecular weight excluding hydrogens is 290 g/mol. The number of benzene rings is 1. The van der Waals surface area contributed by atoms with Crippen LogP contribution >= 0.6 is 11.6 Å². The first-order valence-corrected chi connectivity index (χ1v) is 6.89. The molecule has 1 aromatic heterocycles. The van der Waals surface area contributed by atoms with Gasteiger partial charge in [-0.1, -0.05) is 29.8 Å². The molecule has 1 heterocycles. The minimum absolute atomic E-state index is 0.0874. The monoisotopic (exact) mass is 305 g/mol. The zero-order chi connectivity index (χ0) is 15.2. The molecule has 2 rings (SSSR count). The number of rotatable bonds is 5. The van der Waals surface area contributed by atoms with Crippen molar-refractivity contribution in [2.75, 3.05) is 6.54 Å². The number of carbonyl (C=O) groups excluding carboxylic acids is 1. The van der Waals surface area contributed by atoms with Crippen LogP contribution in [0.3, 0.4) is 0 Å². The minimum atomic E-state index is -0.845. The van der Waals surface area contributed by atoms with Crippen LogP contribution in [0.2, 0.25) is 5.02 Å². The van der Waals surface area contributed by atoms with Gasteiger partial charge in [-0.15, -0.1) is 0 Å². The minimum Gasteiger partial charge on any atom is -0.462 e. The van der Waals surface area contributed by atoms with E-state index in [4.69, 9.17) is 16.0 Å². The highest BCUT2D eigenvalue weighted by molar-refractivity contribution is 6.31. The van der Waals surface area contributed by atoms with Crippen molar-refractivity contribution in [3.8, 4) is 0 Å². The van der Waals surface area contributed by atoms with Crippen LogP contribution in [0.15, 0.2) is 46.9 Å². The summed E-state index contributed by atoms with van der Waals surface area (Å²) in [6.45, 7) is 1.92. The lowest BCUT2D eigenvalue weighted by Crippen LogP contribution is -2.26. The van der Waals surface area contributed by atoms with Crippen LogP contribution < -0.4 is 5.32 Å². The molecule has 0 fully saturated rings. The van der Waals surface area contributed by atoms with Crippen molar-refractivity contribution in [2.45, 2.75) is 13.0 Å². The standard InChI is InChI=1S/C16H16ClNO3/c1-11-6-7-12(21-11)8-9-16(20)18-10-15(19)13-4-2-3-5-14(13)17/h2-9,15,19H,10H2,1H3,(H,18,20)/b9-8+. The van der Waals surface area contributed by atoms with Gasteiger partial charge in [0.1, 0.15) is 11.5 Å². The quantitative estimate of drug-likeness (QED) is 0.834. The fourth-order valence-electron chi connectivity index (χ4n) is 1.81. The van der Waals surface area contributed by atoms with Crippen molar-refractivity contribution in [2.24, 2.45) is 0 Å². The summed E-state index contributed by atoms with van der Waals surface area (Å²) in [5.41, 5.74) is 0.588. The van der Waals surface area contributed by atoms with Gasteiger partial charge < -0.3 is 14.8 Å². The molecule has 0 radical (unpaired) electrons. The predicted molar refractivity (Wildman–Crippen MR) is 81.9 cm³/mol. The van der Waals surface area contributed by atoms with Crippen LogP contribution in [0, 0.1) is 6.92 Å². The van der Waals surface area contributed by atoms with Crippen molar-refractivity contribution < 1.29 is 14.3 Å². The zero-order valence-corrected chi connectivity index (χ0v) is 12.3. The molecule has 2 N–H and O–H groups in total. The molecule has 0 spiro atoms. The van der Waals surface area contributed by atoms with Crippen LogP contribution in [0.4, 0.5) is 0 Å². The second-order valence-corrected chi connectivity index (χ2v) is 4.97. The van der Waals surface area contributed by atoms with Crippen LogP contribution in [0.5, 0.6) is 0 Å². The molecule has 4 nitrogen and oxygen atoms in total. The lowest BCUT2D eigenvalue weighted by Gasteiger charge is -2.12. The summed E-state index contributed by atoms with van der Waals surface area (Å²) in [7, 11) is 0. The van der Waals surface area contributed by atoms with Crippen LogP contribution in [-0.4, -0.2) is 17.6 Å². The average Bonchev–Trinajstić information content (AvgIpc) is 2.89. The third-order valence-electron chi connectivity index (χ3n) is 2.89. The Morgan fingerprint density at radius 3 is 2.81 bits per heavy atom. The zero-order valence-electron chi connectivity index (χ0n) is 11.5. The molecule has 1 unspecified atom stereocenters. The van der Waals surface area contributed by atoms with Gasteiger partial charge in [0.15, 0.2) is 0 Å². The Bertz CT molecular complexity index is 648. The summed E-state index contributed by atoms with van der Waals surface area (Å²) >= 11 is 5.98. The molecule has 1 aromatic carbocycles. The van der Waals surface area contributed by atoms with E-state index >= 15 is 0 Å². The Morgan fingerprint density at radius 1 is 1.38 bits per heavy atom. The molecule has 0 aliphatic rings. The summed E-state index contributed by atoms with van der Waals surface area (Å²) < 4.78 is 5.31. The summed E-state index contributed by atoms with van der Waals surface area (Å²) in [5.74, 6) is 1.08. The second kappa shape index (κ2) is 7.11. The largest absolute Gasteiger partial charge is 0.462 e. The van der Waals surface area contributed by atoms with Gasteiger partial charge in [0.2, 0.25) is 5.91 Å². The molecule has 1 atom stereocenters. The van der Waals surface area contributed by atoms with E-state index in [-0.39, 0.29) is 12.5 Å². The fourth-order valence-corrected chi connectivity index (χ4v) is 2.07. The van der Waals surface area contributed by atoms with Gasteiger partial charge in [0.25, 0.3) is 0 Å². The molecule has 5 heteroatoms. The molecule has 0 aliphatic carbocycles. The van der Waals surface area contributed by atoms with Crippen molar-refractivity contribution in [1.29, 1.82) is 0 Å². The maximum atomic E-state index is 11.7. The van der Waals surface area contributed by atoms with E-state index in [0.717, 1.165) is 5.76 Å². The molecule has 1 amide bonds. The number of aliphatic hydroxyl groups is 1. The first-order chi connectivity index (χ1) is 10.1. The van der Waals surface area contributed by atoms with Gasteiger partial charge in [-0.3, -0.25) is 4.79 Å². The van der Waals surface area contributed by atoms with Gasteiger partial charge in [-0.25, -0.2) is 0 Å². The van der Waals surface area contributed by atoms with E-state index in [1.807, 2.05) is 13.0 Å².